The van der Waals surface area contributed by atoms with Crippen molar-refractivity contribution in [3.05, 3.63) is 47.1 Å². The van der Waals surface area contributed by atoms with Gasteiger partial charge in [0.1, 0.15) is 11.0 Å². The van der Waals surface area contributed by atoms with E-state index in [0.29, 0.717) is 16.6 Å². The number of fused-ring (bicyclic) bond motifs is 1. The van der Waals surface area contributed by atoms with Crippen molar-refractivity contribution >= 4 is 17.2 Å². The van der Waals surface area contributed by atoms with Gasteiger partial charge in [-0.2, -0.15) is 0 Å². The molecule has 0 N–H and O–H groups in total. The van der Waals surface area contributed by atoms with Crippen molar-refractivity contribution in [2.24, 2.45) is 0 Å². The highest BCUT2D eigenvalue weighted by Crippen LogP contribution is 2.25. The summed E-state index contributed by atoms with van der Waals surface area (Å²) < 4.78 is 14.8. The fraction of sp³-hybridized carbons (Fsp3) is 0.0833. The third-order valence-corrected chi connectivity index (χ3v) is 2.97. The first-order valence-electron chi connectivity index (χ1n) is 5.28. The summed E-state index contributed by atoms with van der Waals surface area (Å²) in [5.41, 5.74) is 2.12. The topological polar surface area (TPSA) is 43.1 Å². The van der Waals surface area contributed by atoms with E-state index in [1.165, 1.54) is 18.3 Å². The maximum absolute atomic E-state index is 13.1. The first kappa shape index (κ1) is 11.1. The van der Waals surface area contributed by atoms with E-state index in [0.717, 1.165) is 11.1 Å². The van der Waals surface area contributed by atoms with Crippen LogP contribution in [0.2, 0.25) is 5.15 Å². The molecule has 0 atom stereocenters. The summed E-state index contributed by atoms with van der Waals surface area (Å²) in [7, 11) is 0. The summed E-state index contributed by atoms with van der Waals surface area (Å²) in [6.45, 7) is 1.81. The molecule has 0 amide bonds. The molecule has 0 saturated heterocycles. The van der Waals surface area contributed by atoms with Crippen LogP contribution in [-0.2, 0) is 0 Å². The van der Waals surface area contributed by atoms with Crippen molar-refractivity contribution in [3.63, 3.8) is 0 Å². The molecular formula is C12H8ClFN4. The molecule has 0 aliphatic rings. The van der Waals surface area contributed by atoms with Gasteiger partial charge in [-0.3, -0.25) is 9.38 Å². The van der Waals surface area contributed by atoms with E-state index in [1.807, 2.05) is 6.92 Å². The van der Waals surface area contributed by atoms with Crippen molar-refractivity contribution in [1.29, 1.82) is 0 Å². The lowest BCUT2D eigenvalue weighted by atomic mass is 10.1. The van der Waals surface area contributed by atoms with Gasteiger partial charge >= 0.3 is 0 Å². The van der Waals surface area contributed by atoms with Gasteiger partial charge in [-0.05, 0) is 30.7 Å². The Morgan fingerprint density at radius 3 is 2.83 bits per heavy atom. The number of nitrogens with zero attached hydrogens (tertiary/aromatic N) is 4. The average molecular weight is 263 g/mol. The van der Waals surface area contributed by atoms with Crippen molar-refractivity contribution in [3.8, 4) is 11.4 Å². The molecule has 0 aliphatic heterocycles. The van der Waals surface area contributed by atoms with Gasteiger partial charge in [0, 0.05) is 5.56 Å². The van der Waals surface area contributed by atoms with Gasteiger partial charge in [0.2, 0.25) is 0 Å². The predicted molar refractivity (Wildman–Crippen MR) is 65.9 cm³/mol. The number of hydrogen-bond acceptors (Lipinski definition) is 3. The minimum Gasteiger partial charge on any atom is -0.262 e. The lowest BCUT2D eigenvalue weighted by molar-refractivity contribution is 0.627. The Morgan fingerprint density at radius 2 is 2.06 bits per heavy atom. The average Bonchev–Trinajstić information content (AvgIpc) is 2.74. The first-order valence-corrected chi connectivity index (χ1v) is 5.66. The van der Waals surface area contributed by atoms with E-state index < -0.39 is 0 Å². The molecule has 0 fully saturated rings. The highest BCUT2D eigenvalue weighted by molar-refractivity contribution is 6.29. The third kappa shape index (κ3) is 1.64. The van der Waals surface area contributed by atoms with Gasteiger partial charge in [-0.15, -0.1) is 10.2 Å². The highest BCUT2D eigenvalue weighted by Gasteiger charge is 2.13. The molecule has 1 aromatic carbocycles. The van der Waals surface area contributed by atoms with Crippen LogP contribution in [0.25, 0.3) is 17.0 Å². The molecule has 18 heavy (non-hydrogen) atoms. The summed E-state index contributed by atoms with van der Waals surface area (Å²) in [5, 5.41) is 8.49. The number of benzene rings is 1. The smallest absolute Gasteiger partial charge is 0.180 e. The zero-order valence-electron chi connectivity index (χ0n) is 9.43. The number of aromatic nitrogens is 4. The third-order valence-electron chi connectivity index (χ3n) is 2.70. The Kier molecular flexibility index (Phi) is 2.48. The predicted octanol–water partition coefficient (Wildman–Crippen LogP) is 2.89. The van der Waals surface area contributed by atoms with Crippen molar-refractivity contribution in [2.75, 3.05) is 0 Å². The number of halogens is 2. The Labute approximate surface area is 107 Å². The largest absolute Gasteiger partial charge is 0.262 e. The zero-order valence-corrected chi connectivity index (χ0v) is 10.2. The summed E-state index contributed by atoms with van der Waals surface area (Å²) in [6, 6.07) is 4.50. The molecule has 0 unspecified atom stereocenters. The van der Waals surface area contributed by atoms with Gasteiger partial charge in [-0.1, -0.05) is 11.6 Å². The van der Waals surface area contributed by atoms with Crippen LogP contribution in [-0.4, -0.2) is 19.6 Å². The summed E-state index contributed by atoms with van der Waals surface area (Å²) in [6.07, 6.45) is 3.08. The van der Waals surface area contributed by atoms with E-state index in [4.69, 9.17) is 11.6 Å². The Morgan fingerprint density at radius 1 is 1.22 bits per heavy atom. The lowest BCUT2D eigenvalue weighted by Crippen LogP contribution is -1.94. The van der Waals surface area contributed by atoms with Gasteiger partial charge in [0.15, 0.2) is 11.5 Å². The minimum absolute atomic E-state index is 0.280. The summed E-state index contributed by atoms with van der Waals surface area (Å²) in [5.74, 6) is 0.299. The maximum Gasteiger partial charge on any atom is 0.180 e. The van der Waals surface area contributed by atoms with Crippen LogP contribution in [0.5, 0.6) is 0 Å². The number of aryl methyl sites for hydroxylation is 1. The van der Waals surface area contributed by atoms with Crippen LogP contribution in [0, 0.1) is 12.7 Å². The molecule has 90 valence electrons. The van der Waals surface area contributed by atoms with Gasteiger partial charge in [0.25, 0.3) is 0 Å². The van der Waals surface area contributed by atoms with Crippen LogP contribution in [0.15, 0.2) is 30.6 Å². The Bertz CT molecular complexity index is 738. The first-order chi connectivity index (χ1) is 8.66. The molecule has 0 bridgehead atoms. The van der Waals surface area contributed by atoms with Crippen LogP contribution < -0.4 is 0 Å². The summed E-state index contributed by atoms with van der Waals surface area (Å²) in [4.78, 5) is 3.94. The fourth-order valence-corrected chi connectivity index (χ4v) is 2.09. The summed E-state index contributed by atoms with van der Waals surface area (Å²) >= 11 is 6.08. The van der Waals surface area contributed by atoms with Crippen molar-refractivity contribution < 1.29 is 4.39 Å². The standard InChI is InChI=1S/C12H8ClFN4/c1-7-4-8(14)2-3-9(7)12-17-16-11-6-15-5-10(13)18(11)12/h2-6H,1H3. The molecule has 0 saturated carbocycles. The molecular weight excluding hydrogens is 255 g/mol. The van der Waals surface area contributed by atoms with E-state index >= 15 is 0 Å². The molecule has 4 nitrogen and oxygen atoms in total. The van der Waals surface area contributed by atoms with Crippen molar-refractivity contribution in [1.82, 2.24) is 19.6 Å². The number of rotatable bonds is 1. The SMILES string of the molecule is Cc1cc(F)ccc1-c1nnc2cncc(Cl)n12. The van der Waals surface area contributed by atoms with Gasteiger partial charge in [-0.25, -0.2) is 4.39 Å². The second-order valence-corrected chi connectivity index (χ2v) is 4.29. The van der Waals surface area contributed by atoms with Crippen LogP contribution in [0.3, 0.4) is 0 Å². The van der Waals surface area contributed by atoms with Gasteiger partial charge < -0.3 is 0 Å². The highest BCUT2D eigenvalue weighted by atomic mass is 35.5. The maximum atomic E-state index is 13.1. The molecule has 3 rings (SSSR count). The minimum atomic E-state index is -0.280. The zero-order chi connectivity index (χ0) is 12.7. The second kappa shape index (κ2) is 4.03. The van der Waals surface area contributed by atoms with Crippen LogP contribution in [0.4, 0.5) is 4.39 Å². The van der Waals surface area contributed by atoms with Crippen molar-refractivity contribution in [2.45, 2.75) is 6.92 Å². The second-order valence-electron chi connectivity index (χ2n) is 3.91. The monoisotopic (exact) mass is 262 g/mol. The lowest BCUT2D eigenvalue weighted by Gasteiger charge is -2.05. The quantitative estimate of drug-likeness (QED) is 0.677. The van der Waals surface area contributed by atoms with E-state index in [-0.39, 0.29) is 5.82 Å². The molecule has 0 spiro atoms. The van der Waals surface area contributed by atoms with Gasteiger partial charge in [0.05, 0.1) is 12.4 Å². The number of hydrogen-bond donors (Lipinski definition) is 0. The molecule has 0 aliphatic carbocycles. The molecule has 2 heterocycles. The molecule has 6 heteroatoms. The fourth-order valence-electron chi connectivity index (χ4n) is 1.87. The normalized spacial score (nSPS) is 11.1. The molecule has 0 radical (unpaired) electrons. The molecule has 3 aromatic rings. The Hall–Kier alpha value is -2.01. The van der Waals surface area contributed by atoms with E-state index in [2.05, 4.69) is 15.2 Å². The molecule has 2 aromatic heterocycles. The van der Waals surface area contributed by atoms with Crippen LogP contribution >= 0.6 is 11.6 Å². The van der Waals surface area contributed by atoms with Crippen LogP contribution in [0.1, 0.15) is 5.56 Å². The van der Waals surface area contributed by atoms with E-state index in [9.17, 15) is 4.39 Å². The van der Waals surface area contributed by atoms with E-state index in [1.54, 1.807) is 16.7 Å². The Balaban J connectivity index is 2.32.